The molecule has 0 bridgehead atoms. The molecule has 0 aliphatic carbocycles. The largest absolute Gasteiger partial charge is 0.322 e. The number of nitrogens with zero attached hydrogens (tertiary/aromatic N) is 1. The van der Waals surface area contributed by atoms with E-state index >= 15 is 0 Å². The first-order valence-electron chi connectivity index (χ1n) is 3.79. The third kappa shape index (κ3) is 2.36. The standard InChI is InChI=1S/C9H12N2S/c1-2-11-8-5-3-4-6-9(8)12-7-10/h2-6H,7,10H2,1H3/b11-2+. The van der Waals surface area contributed by atoms with Crippen LogP contribution in [0.5, 0.6) is 0 Å². The van der Waals surface area contributed by atoms with Crippen molar-refractivity contribution in [3.05, 3.63) is 24.3 Å². The van der Waals surface area contributed by atoms with Crippen molar-refractivity contribution >= 4 is 23.7 Å². The van der Waals surface area contributed by atoms with E-state index < -0.39 is 0 Å². The van der Waals surface area contributed by atoms with E-state index in [2.05, 4.69) is 4.99 Å². The summed E-state index contributed by atoms with van der Waals surface area (Å²) in [5, 5.41) is 0. The van der Waals surface area contributed by atoms with Crippen molar-refractivity contribution in [2.75, 3.05) is 5.88 Å². The number of nitrogens with two attached hydrogens (primary N) is 1. The van der Waals surface area contributed by atoms with E-state index in [1.165, 1.54) is 0 Å². The predicted molar refractivity (Wildman–Crippen MR) is 55.2 cm³/mol. The Morgan fingerprint density at radius 2 is 2.25 bits per heavy atom. The van der Waals surface area contributed by atoms with E-state index in [1.54, 1.807) is 18.0 Å². The maximum absolute atomic E-state index is 5.44. The molecule has 64 valence electrons. The first-order valence-corrected chi connectivity index (χ1v) is 4.77. The lowest BCUT2D eigenvalue weighted by Crippen LogP contribution is -1.91. The van der Waals surface area contributed by atoms with Gasteiger partial charge in [-0.15, -0.1) is 11.8 Å². The summed E-state index contributed by atoms with van der Waals surface area (Å²) in [7, 11) is 0. The van der Waals surface area contributed by atoms with Crippen LogP contribution in [0.3, 0.4) is 0 Å². The fourth-order valence-electron chi connectivity index (χ4n) is 0.915. The van der Waals surface area contributed by atoms with Crippen molar-refractivity contribution in [3.8, 4) is 0 Å². The quantitative estimate of drug-likeness (QED) is 0.440. The molecule has 2 N–H and O–H groups in total. The Labute approximate surface area is 76.9 Å². The maximum Gasteiger partial charge on any atom is 0.0761 e. The number of hydrogen-bond acceptors (Lipinski definition) is 3. The van der Waals surface area contributed by atoms with Crippen LogP contribution < -0.4 is 5.73 Å². The molecule has 0 saturated carbocycles. The van der Waals surface area contributed by atoms with Gasteiger partial charge < -0.3 is 5.73 Å². The molecule has 0 aliphatic heterocycles. The van der Waals surface area contributed by atoms with Crippen LogP contribution in [0, 0.1) is 0 Å². The molecule has 0 fully saturated rings. The third-order valence-corrected chi connectivity index (χ3v) is 2.20. The molecule has 0 amide bonds. The highest BCUT2D eigenvalue weighted by Crippen LogP contribution is 2.27. The summed E-state index contributed by atoms with van der Waals surface area (Å²) >= 11 is 1.61. The van der Waals surface area contributed by atoms with Gasteiger partial charge in [0.2, 0.25) is 0 Å². The van der Waals surface area contributed by atoms with Crippen LogP contribution in [0.15, 0.2) is 34.2 Å². The van der Waals surface area contributed by atoms with E-state index in [0.717, 1.165) is 10.6 Å². The molecule has 12 heavy (non-hydrogen) atoms. The number of hydrogen-bond donors (Lipinski definition) is 1. The molecule has 0 aliphatic rings. The van der Waals surface area contributed by atoms with Gasteiger partial charge in [-0.05, 0) is 19.1 Å². The van der Waals surface area contributed by atoms with Crippen LogP contribution in [-0.4, -0.2) is 12.1 Å². The topological polar surface area (TPSA) is 38.4 Å². The zero-order valence-electron chi connectivity index (χ0n) is 7.03. The predicted octanol–water partition coefficient (Wildman–Crippen LogP) is 2.42. The van der Waals surface area contributed by atoms with Crippen LogP contribution in [0.25, 0.3) is 0 Å². The fraction of sp³-hybridized carbons (Fsp3) is 0.222. The number of rotatable bonds is 3. The summed E-state index contributed by atoms with van der Waals surface area (Å²) in [6, 6.07) is 7.98. The van der Waals surface area contributed by atoms with Crippen molar-refractivity contribution in [2.24, 2.45) is 10.7 Å². The van der Waals surface area contributed by atoms with Gasteiger partial charge in [-0.25, -0.2) is 0 Å². The first kappa shape index (κ1) is 9.29. The Balaban J connectivity index is 2.91. The lowest BCUT2D eigenvalue weighted by atomic mass is 10.3. The van der Waals surface area contributed by atoms with Gasteiger partial charge in [0.05, 0.1) is 5.69 Å². The summed E-state index contributed by atoms with van der Waals surface area (Å²) in [4.78, 5) is 5.36. The smallest absolute Gasteiger partial charge is 0.0761 e. The molecule has 2 nitrogen and oxygen atoms in total. The zero-order valence-corrected chi connectivity index (χ0v) is 7.84. The average Bonchev–Trinajstić information content (AvgIpc) is 2.09. The Bertz CT molecular complexity index is 271. The summed E-state index contributed by atoms with van der Waals surface area (Å²) < 4.78 is 0. The molecule has 0 atom stereocenters. The van der Waals surface area contributed by atoms with Crippen molar-refractivity contribution in [1.29, 1.82) is 0 Å². The molecule has 1 rings (SSSR count). The minimum absolute atomic E-state index is 0.593. The van der Waals surface area contributed by atoms with Crippen molar-refractivity contribution in [2.45, 2.75) is 11.8 Å². The summed E-state index contributed by atoms with van der Waals surface area (Å²) in [5.74, 6) is 0.593. The van der Waals surface area contributed by atoms with Crippen molar-refractivity contribution in [1.82, 2.24) is 0 Å². The second-order valence-electron chi connectivity index (χ2n) is 2.17. The minimum Gasteiger partial charge on any atom is -0.322 e. The zero-order chi connectivity index (χ0) is 8.81. The van der Waals surface area contributed by atoms with Crippen LogP contribution in [0.4, 0.5) is 5.69 Å². The molecule has 0 aromatic heterocycles. The van der Waals surface area contributed by atoms with E-state index in [9.17, 15) is 0 Å². The number of thioether (sulfide) groups is 1. The Morgan fingerprint density at radius 3 is 2.92 bits per heavy atom. The molecule has 3 heteroatoms. The van der Waals surface area contributed by atoms with E-state index in [4.69, 9.17) is 5.73 Å². The summed E-state index contributed by atoms with van der Waals surface area (Å²) in [5.41, 5.74) is 6.43. The van der Waals surface area contributed by atoms with Crippen LogP contribution in [0.1, 0.15) is 6.92 Å². The Hall–Kier alpha value is -0.800. The molecule has 1 aromatic carbocycles. The number of benzene rings is 1. The molecule has 1 aromatic rings. The van der Waals surface area contributed by atoms with Gasteiger partial charge in [0.15, 0.2) is 0 Å². The van der Waals surface area contributed by atoms with Gasteiger partial charge in [0, 0.05) is 17.0 Å². The number of aliphatic imine (C=N–C) groups is 1. The summed E-state index contributed by atoms with van der Waals surface area (Å²) in [6.07, 6.45) is 1.79. The van der Waals surface area contributed by atoms with Gasteiger partial charge in [0.1, 0.15) is 0 Å². The number of para-hydroxylation sites is 1. The molecule has 0 heterocycles. The van der Waals surface area contributed by atoms with Gasteiger partial charge in [-0.2, -0.15) is 0 Å². The first-order chi connectivity index (χ1) is 5.88. The van der Waals surface area contributed by atoms with Crippen LogP contribution >= 0.6 is 11.8 Å². The normalized spacial score (nSPS) is 10.8. The van der Waals surface area contributed by atoms with Gasteiger partial charge in [-0.1, -0.05) is 12.1 Å². The van der Waals surface area contributed by atoms with Crippen molar-refractivity contribution < 1.29 is 0 Å². The molecule has 0 saturated heterocycles. The Morgan fingerprint density at radius 1 is 1.50 bits per heavy atom. The maximum atomic E-state index is 5.44. The highest BCUT2D eigenvalue weighted by Gasteiger charge is 1.97. The molecular weight excluding hydrogens is 168 g/mol. The van der Waals surface area contributed by atoms with Crippen molar-refractivity contribution in [3.63, 3.8) is 0 Å². The molecule has 0 spiro atoms. The average molecular weight is 180 g/mol. The molecule has 0 radical (unpaired) electrons. The highest BCUT2D eigenvalue weighted by molar-refractivity contribution is 7.99. The van der Waals surface area contributed by atoms with E-state index in [1.807, 2.05) is 31.2 Å². The molecular formula is C9H12N2S. The fourth-order valence-corrected chi connectivity index (χ4v) is 1.54. The Kier molecular flexibility index (Phi) is 3.84. The van der Waals surface area contributed by atoms with Gasteiger partial charge >= 0.3 is 0 Å². The minimum atomic E-state index is 0.593. The molecule has 0 unspecified atom stereocenters. The lowest BCUT2D eigenvalue weighted by molar-refractivity contribution is 1.34. The summed E-state index contributed by atoms with van der Waals surface area (Å²) in [6.45, 7) is 1.91. The second kappa shape index (κ2) is 4.95. The van der Waals surface area contributed by atoms with Gasteiger partial charge in [0.25, 0.3) is 0 Å². The van der Waals surface area contributed by atoms with Crippen LogP contribution in [0.2, 0.25) is 0 Å². The lowest BCUT2D eigenvalue weighted by Gasteiger charge is -2.01. The van der Waals surface area contributed by atoms with E-state index in [0.29, 0.717) is 5.88 Å². The van der Waals surface area contributed by atoms with E-state index in [-0.39, 0.29) is 0 Å². The SMILES string of the molecule is C/C=N/c1ccccc1SCN. The highest BCUT2D eigenvalue weighted by atomic mass is 32.2. The third-order valence-electron chi connectivity index (χ3n) is 1.37. The second-order valence-corrected chi connectivity index (χ2v) is 3.23. The van der Waals surface area contributed by atoms with Crippen LogP contribution in [-0.2, 0) is 0 Å². The monoisotopic (exact) mass is 180 g/mol. The van der Waals surface area contributed by atoms with Gasteiger partial charge in [-0.3, -0.25) is 4.99 Å².